The SMILES string of the molecule is COc1cc(C)c(C(=O)NCC(C)CN)cc1OC.Cl. The van der Waals surface area contributed by atoms with E-state index in [0.29, 0.717) is 30.2 Å². The number of hydrogen-bond acceptors (Lipinski definition) is 4. The van der Waals surface area contributed by atoms with Crippen molar-refractivity contribution in [2.75, 3.05) is 27.3 Å². The fourth-order valence-electron chi connectivity index (χ4n) is 1.67. The molecule has 3 N–H and O–H groups in total. The molecule has 0 radical (unpaired) electrons. The summed E-state index contributed by atoms with van der Waals surface area (Å²) in [7, 11) is 3.12. The lowest BCUT2D eigenvalue weighted by Crippen LogP contribution is -2.31. The number of ether oxygens (including phenoxy) is 2. The third kappa shape index (κ3) is 4.58. The van der Waals surface area contributed by atoms with Crippen molar-refractivity contribution in [2.24, 2.45) is 11.7 Å². The topological polar surface area (TPSA) is 73.6 Å². The molecule has 0 fully saturated rings. The minimum Gasteiger partial charge on any atom is -0.493 e. The Kier molecular flexibility index (Phi) is 8.03. The number of halogens is 1. The molecule has 114 valence electrons. The summed E-state index contributed by atoms with van der Waals surface area (Å²) in [6.07, 6.45) is 0. The maximum atomic E-state index is 12.1. The smallest absolute Gasteiger partial charge is 0.251 e. The molecule has 1 rings (SSSR count). The molecule has 6 heteroatoms. The molecule has 0 bridgehead atoms. The van der Waals surface area contributed by atoms with Gasteiger partial charge in [-0.3, -0.25) is 4.79 Å². The minimum atomic E-state index is -0.126. The van der Waals surface area contributed by atoms with Crippen molar-refractivity contribution in [2.45, 2.75) is 13.8 Å². The zero-order valence-electron chi connectivity index (χ0n) is 12.4. The molecule has 0 aliphatic heterocycles. The van der Waals surface area contributed by atoms with E-state index < -0.39 is 0 Å². The summed E-state index contributed by atoms with van der Waals surface area (Å²) in [5.74, 6) is 1.29. The highest BCUT2D eigenvalue weighted by molar-refractivity contribution is 5.96. The van der Waals surface area contributed by atoms with Crippen LogP contribution in [0.1, 0.15) is 22.8 Å². The van der Waals surface area contributed by atoms with Crippen LogP contribution in [0.25, 0.3) is 0 Å². The molecule has 0 aromatic heterocycles. The number of carbonyl (C=O) groups is 1. The quantitative estimate of drug-likeness (QED) is 0.840. The van der Waals surface area contributed by atoms with E-state index >= 15 is 0 Å². The molecule has 1 aromatic carbocycles. The van der Waals surface area contributed by atoms with E-state index in [0.717, 1.165) is 5.56 Å². The normalized spacial score (nSPS) is 11.2. The molecule has 20 heavy (non-hydrogen) atoms. The Balaban J connectivity index is 0.00000361. The predicted molar refractivity (Wildman–Crippen MR) is 82.1 cm³/mol. The average Bonchev–Trinajstić information content (AvgIpc) is 2.43. The minimum absolute atomic E-state index is 0. The van der Waals surface area contributed by atoms with Gasteiger partial charge in [0.2, 0.25) is 0 Å². The summed E-state index contributed by atoms with van der Waals surface area (Å²) >= 11 is 0. The zero-order valence-corrected chi connectivity index (χ0v) is 13.2. The van der Waals surface area contributed by atoms with Crippen LogP contribution in [0, 0.1) is 12.8 Å². The summed E-state index contributed by atoms with van der Waals surface area (Å²) in [6.45, 7) is 4.96. The summed E-state index contributed by atoms with van der Waals surface area (Å²) in [5, 5.41) is 2.86. The van der Waals surface area contributed by atoms with Crippen LogP contribution in [-0.2, 0) is 0 Å². The molecule has 0 heterocycles. The van der Waals surface area contributed by atoms with Crippen LogP contribution in [-0.4, -0.2) is 33.2 Å². The Morgan fingerprint density at radius 3 is 2.35 bits per heavy atom. The average molecular weight is 303 g/mol. The second-order valence-corrected chi connectivity index (χ2v) is 4.57. The molecular formula is C14H23ClN2O3. The first-order chi connectivity index (χ1) is 9.03. The van der Waals surface area contributed by atoms with Crippen molar-refractivity contribution < 1.29 is 14.3 Å². The van der Waals surface area contributed by atoms with Gasteiger partial charge in [-0.15, -0.1) is 12.4 Å². The number of methoxy groups -OCH3 is 2. The van der Waals surface area contributed by atoms with Crippen LogP contribution >= 0.6 is 12.4 Å². The van der Waals surface area contributed by atoms with Crippen LogP contribution in [0.5, 0.6) is 11.5 Å². The Morgan fingerprint density at radius 1 is 1.30 bits per heavy atom. The van der Waals surface area contributed by atoms with E-state index in [9.17, 15) is 4.79 Å². The van der Waals surface area contributed by atoms with Crippen LogP contribution in [0.2, 0.25) is 0 Å². The molecule has 1 atom stereocenters. The van der Waals surface area contributed by atoms with E-state index in [1.807, 2.05) is 13.8 Å². The van der Waals surface area contributed by atoms with Crippen molar-refractivity contribution in [1.82, 2.24) is 5.32 Å². The third-order valence-electron chi connectivity index (χ3n) is 2.99. The van der Waals surface area contributed by atoms with E-state index in [1.165, 1.54) is 0 Å². The number of amides is 1. The van der Waals surface area contributed by atoms with Crippen molar-refractivity contribution in [3.63, 3.8) is 0 Å². The molecule has 0 spiro atoms. The van der Waals surface area contributed by atoms with Gasteiger partial charge in [-0.25, -0.2) is 0 Å². The van der Waals surface area contributed by atoms with Gasteiger partial charge in [0.25, 0.3) is 5.91 Å². The Hall–Kier alpha value is -1.46. The van der Waals surface area contributed by atoms with Crippen molar-refractivity contribution in [3.8, 4) is 11.5 Å². The van der Waals surface area contributed by atoms with Gasteiger partial charge < -0.3 is 20.5 Å². The Labute approximate surface area is 126 Å². The molecular weight excluding hydrogens is 280 g/mol. The van der Waals surface area contributed by atoms with Crippen LogP contribution in [0.3, 0.4) is 0 Å². The highest BCUT2D eigenvalue weighted by Gasteiger charge is 2.14. The molecule has 0 aliphatic carbocycles. The number of rotatable bonds is 6. The first-order valence-corrected chi connectivity index (χ1v) is 6.24. The van der Waals surface area contributed by atoms with Gasteiger partial charge in [-0.2, -0.15) is 0 Å². The third-order valence-corrected chi connectivity index (χ3v) is 2.99. The van der Waals surface area contributed by atoms with Crippen molar-refractivity contribution in [1.29, 1.82) is 0 Å². The molecule has 0 saturated heterocycles. The van der Waals surface area contributed by atoms with Gasteiger partial charge in [0, 0.05) is 12.1 Å². The first kappa shape index (κ1) is 18.5. The second-order valence-electron chi connectivity index (χ2n) is 4.57. The van der Waals surface area contributed by atoms with Crippen molar-refractivity contribution >= 4 is 18.3 Å². The summed E-state index contributed by atoms with van der Waals surface area (Å²) in [6, 6.07) is 3.48. The standard InChI is InChI=1S/C14H22N2O3.ClH/c1-9(7-15)8-16-14(17)11-6-13(19-4)12(18-3)5-10(11)2;/h5-6,9H,7-8,15H2,1-4H3,(H,16,17);1H. The number of aryl methyl sites for hydroxylation is 1. The number of nitrogens with one attached hydrogen (secondary N) is 1. The molecule has 1 aromatic rings. The Bertz CT molecular complexity index is 452. The summed E-state index contributed by atoms with van der Waals surface area (Å²) < 4.78 is 10.4. The monoisotopic (exact) mass is 302 g/mol. The van der Waals surface area contributed by atoms with Gasteiger partial charge in [0.15, 0.2) is 11.5 Å². The maximum absolute atomic E-state index is 12.1. The van der Waals surface area contributed by atoms with E-state index in [4.69, 9.17) is 15.2 Å². The van der Waals surface area contributed by atoms with Crippen LogP contribution in [0.4, 0.5) is 0 Å². The highest BCUT2D eigenvalue weighted by Crippen LogP contribution is 2.30. The van der Waals surface area contributed by atoms with Gasteiger partial charge in [-0.05, 0) is 37.1 Å². The second kappa shape index (κ2) is 8.66. The number of carbonyl (C=O) groups excluding carboxylic acids is 1. The van der Waals surface area contributed by atoms with Gasteiger partial charge in [-0.1, -0.05) is 6.92 Å². The van der Waals surface area contributed by atoms with Crippen molar-refractivity contribution in [3.05, 3.63) is 23.3 Å². The fourth-order valence-corrected chi connectivity index (χ4v) is 1.67. The lowest BCUT2D eigenvalue weighted by atomic mass is 10.1. The fraction of sp³-hybridized carbons (Fsp3) is 0.500. The first-order valence-electron chi connectivity index (χ1n) is 6.24. The number of benzene rings is 1. The largest absolute Gasteiger partial charge is 0.493 e. The summed E-state index contributed by atoms with van der Waals surface area (Å²) in [5.41, 5.74) is 6.95. The molecule has 0 aliphatic rings. The lowest BCUT2D eigenvalue weighted by Gasteiger charge is -2.14. The van der Waals surface area contributed by atoms with Gasteiger partial charge in [0.1, 0.15) is 0 Å². The van der Waals surface area contributed by atoms with E-state index in [-0.39, 0.29) is 24.2 Å². The lowest BCUT2D eigenvalue weighted by molar-refractivity contribution is 0.0947. The van der Waals surface area contributed by atoms with Gasteiger partial charge >= 0.3 is 0 Å². The number of hydrogen-bond donors (Lipinski definition) is 2. The maximum Gasteiger partial charge on any atom is 0.251 e. The van der Waals surface area contributed by atoms with E-state index in [1.54, 1.807) is 26.4 Å². The van der Waals surface area contributed by atoms with Gasteiger partial charge in [0.05, 0.1) is 14.2 Å². The highest BCUT2D eigenvalue weighted by atomic mass is 35.5. The molecule has 0 saturated carbocycles. The van der Waals surface area contributed by atoms with Crippen LogP contribution in [0.15, 0.2) is 12.1 Å². The molecule has 1 unspecified atom stereocenters. The predicted octanol–water partition coefficient (Wildman–Crippen LogP) is 1.76. The Morgan fingerprint density at radius 2 is 1.85 bits per heavy atom. The molecule has 1 amide bonds. The van der Waals surface area contributed by atoms with Crippen LogP contribution < -0.4 is 20.5 Å². The summed E-state index contributed by atoms with van der Waals surface area (Å²) in [4.78, 5) is 12.1. The number of nitrogens with two attached hydrogens (primary N) is 1. The van der Waals surface area contributed by atoms with E-state index in [2.05, 4.69) is 5.32 Å². The zero-order chi connectivity index (χ0) is 14.4. The molecule has 5 nitrogen and oxygen atoms in total.